The summed E-state index contributed by atoms with van der Waals surface area (Å²) < 4.78 is 22.8. The van der Waals surface area contributed by atoms with Crippen LogP contribution >= 0.6 is 33.9 Å². The molecule has 1 rings (SSSR count). The van der Waals surface area contributed by atoms with E-state index in [0.717, 1.165) is 17.6 Å². The minimum absolute atomic E-state index is 0.0793. The highest BCUT2D eigenvalue weighted by atomic mass is 127. The lowest BCUT2D eigenvalue weighted by molar-refractivity contribution is 0.0693. The summed E-state index contributed by atoms with van der Waals surface area (Å²) in [5.74, 6) is -1.21. The first-order valence-corrected chi connectivity index (χ1v) is 6.83. The van der Waals surface area contributed by atoms with Gasteiger partial charge in [-0.15, -0.1) is 11.3 Å². The Bertz CT molecular complexity index is 445. The molecule has 72 valence electrons. The van der Waals surface area contributed by atoms with Crippen molar-refractivity contribution < 1.29 is 18.3 Å². The molecule has 0 aliphatic carbocycles. The Kier molecular flexibility index (Phi) is 2.98. The minimum Gasteiger partial charge on any atom is -0.478 e. The van der Waals surface area contributed by atoms with Gasteiger partial charge in [0.1, 0.15) is 4.21 Å². The second-order valence-electron chi connectivity index (χ2n) is 2.33. The fourth-order valence-corrected chi connectivity index (χ4v) is 4.22. The van der Waals surface area contributed by atoms with Gasteiger partial charge in [-0.05, 0) is 28.7 Å². The molecule has 0 unspecified atom stereocenters. The Morgan fingerprint density at radius 3 is 2.46 bits per heavy atom. The van der Waals surface area contributed by atoms with E-state index in [0.29, 0.717) is 2.88 Å². The van der Waals surface area contributed by atoms with Gasteiger partial charge in [0.2, 0.25) is 0 Å². The molecule has 4 nitrogen and oxygen atoms in total. The number of hydrogen-bond donors (Lipinski definition) is 1. The highest BCUT2D eigenvalue weighted by molar-refractivity contribution is 14.1. The first-order chi connectivity index (χ1) is 5.82. The number of halogens is 1. The van der Waals surface area contributed by atoms with Crippen molar-refractivity contribution >= 4 is 49.7 Å². The zero-order valence-corrected chi connectivity index (χ0v) is 10.2. The first kappa shape index (κ1) is 10.9. The normalized spacial score (nSPS) is 11.5. The zero-order valence-electron chi connectivity index (χ0n) is 6.44. The van der Waals surface area contributed by atoms with Crippen LogP contribution in [0.4, 0.5) is 0 Å². The van der Waals surface area contributed by atoms with E-state index < -0.39 is 15.8 Å². The highest BCUT2D eigenvalue weighted by Gasteiger charge is 2.21. The van der Waals surface area contributed by atoms with E-state index in [-0.39, 0.29) is 9.77 Å². The monoisotopic (exact) mass is 332 g/mol. The lowest BCUT2D eigenvalue weighted by Crippen LogP contribution is -2.03. The summed E-state index contributed by atoms with van der Waals surface area (Å²) in [6.07, 6.45) is 1.00. The van der Waals surface area contributed by atoms with Crippen molar-refractivity contribution in [2.75, 3.05) is 6.26 Å². The Labute approximate surface area is 92.6 Å². The molecule has 0 saturated heterocycles. The summed E-state index contributed by atoms with van der Waals surface area (Å²) in [5, 5.41) is 8.68. The smallest absolute Gasteiger partial charge is 0.337 e. The number of thiophene rings is 1. The Hall–Kier alpha value is -0.150. The zero-order chi connectivity index (χ0) is 10.2. The van der Waals surface area contributed by atoms with Gasteiger partial charge >= 0.3 is 5.97 Å². The lowest BCUT2D eigenvalue weighted by atomic mass is 10.4. The topological polar surface area (TPSA) is 71.4 Å². The van der Waals surface area contributed by atoms with Crippen molar-refractivity contribution in [1.82, 2.24) is 0 Å². The largest absolute Gasteiger partial charge is 0.478 e. The average Bonchev–Trinajstić information content (AvgIpc) is 2.29. The maximum Gasteiger partial charge on any atom is 0.337 e. The lowest BCUT2D eigenvalue weighted by Gasteiger charge is -1.94. The maximum atomic E-state index is 11.1. The van der Waals surface area contributed by atoms with Crippen LogP contribution in [0, 0.1) is 2.88 Å². The van der Waals surface area contributed by atoms with Crippen LogP contribution in [0.5, 0.6) is 0 Å². The number of rotatable bonds is 2. The molecular weight excluding hydrogens is 327 g/mol. The van der Waals surface area contributed by atoms with Gasteiger partial charge in [0.05, 0.1) is 8.45 Å². The van der Waals surface area contributed by atoms with Gasteiger partial charge in [0.25, 0.3) is 0 Å². The molecule has 0 atom stereocenters. The summed E-state index contributed by atoms with van der Waals surface area (Å²) in [6.45, 7) is 0. The molecule has 1 aromatic rings. The third-order valence-electron chi connectivity index (χ3n) is 1.24. The molecule has 0 aromatic carbocycles. The Morgan fingerprint density at radius 2 is 2.15 bits per heavy atom. The van der Waals surface area contributed by atoms with Crippen molar-refractivity contribution in [3.8, 4) is 0 Å². The number of hydrogen-bond acceptors (Lipinski definition) is 4. The fourth-order valence-electron chi connectivity index (χ4n) is 0.770. The Balaban J connectivity index is 3.46. The van der Waals surface area contributed by atoms with Crippen LogP contribution in [0.2, 0.25) is 0 Å². The molecule has 0 fully saturated rings. The molecule has 0 spiro atoms. The quantitative estimate of drug-likeness (QED) is 0.833. The van der Waals surface area contributed by atoms with Gasteiger partial charge in [-0.2, -0.15) is 0 Å². The third kappa shape index (κ3) is 2.41. The van der Waals surface area contributed by atoms with Gasteiger partial charge in [-0.25, -0.2) is 13.2 Å². The highest BCUT2D eigenvalue weighted by Crippen LogP contribution is 2.28. The number of carboxylic acid groups (broad SMARTS) is 1. The predicted molar refractivity (Wildman–Crippen MR) is 57.1 cm³/mol. The van der Waals surface area contributed by atoms with Crippen LogP contribution < -0.4 is 0 Å². The summed E-state index contributed by atoms with van der Waals surface area (Å²) in [4.78, 5) is 10.6. The summed E-state index contributed by atoms with van der Waals surface area (Å²) in [6, 6.07) is 1.35. The maximum absolute atomic E-state index is 11.1. The van der Waals surface area contributed by atoms with Crippen molar-refractivity contribution in [2.24, 2.45) is 0 Å². The number of carbonyl (C=O) groups is 1. The van der Waals surface area contributed by atoms with Crippen molar-refractivity contribution in [3.05, 3.63) is 14.5 Å². The average molecular weight is 332 g/mol. The van der Waals surface area contributed by atoms with Crippen LogP contribution in [-0.4, -0.2) is 25.7 Å². The first-order valence-electron chi connectivity index (χ1n) is 3.05. The number of sulfone groups is 1. The molecule has 7 heteroatoms. The number of aromatic carboxylic acids is 1. The second-order valence-corrected chi connectivity index (χ2v) is 7.49. The van der Waals surface area contributed by atoms with E-state index in [2.05, 4.69) is 0 Å². The van der Waals surface area contributed by atoms with Crippen LogP contribution in [0.15, 0.2) is 10.3 Å². The summed E-state index contributed by atoms with van der Waals surface area (Å²) in [7, 11) is -3.42. The van der Waals surface area contributed by atoms with Crippen molar-refractivity contribution in [3.63, 3.8) is 0 Å². The molecule has 1 heterocycles. The van der Waals surface area contributed by atoms with E-state index >= 15 is 0 Å². The minimum atomic E-state index is -3.42. The molecule has 0 radical (unpaired) electrons. The van der Waals surface area contributed by atoms with Gasteiger partial charge in [-0.1, -0.05) is 0 Å². The van der Waals surface area contributed by atoms with E-state index in [1.807, 2.05) is 22.6 Å². The summed E-state index contributed by atoms with van der Waals surface area (Å²) in [5.41, 5.74) is -0.142. The molecule has 0 aliphatic heterocycles. The van der Waals surface area contributed by atoms with Gasteiger partial charge in [0.15, 0.2) is 9.84 Å². The van der Waals surface area contributed by atoms with Gasteiger partial charge in [0, 0.05) is 6.26 Å². The van der Waals surface area contributed by atoms with Crippen LogP contribution in [0.1, 0.15) is 10.4 Å². The molecule has 0 amide bonds. The van der Waals surface area contributed by atoms with Crippen molar-refractivity contribution in [2.45, 2.75) is 4.21 Å². The standard InChI is InChI=1S/C6H5IO4S2/c1-13(10,11)6-3(5(8)9)2-4(7)12-6/h2H,1H3,(H,8,9). The van der Waals surface area contributed by atoms with Crippen molar-refractivity contribution in [1.29, 1.82) is 0 Å². The summed E-state index contributed by atoms with van der Waals surface area (Å²) >= 11 is 2.86. The van der Waals surface area contributed by atoms with Crippen LogP contribution in [-0.2, 0) is 9.84 Å². The van der Waals surface area contributed by atoms with Crippen LogP contribution in [0.25, 0.3) is 0 Å². The third-order valence-corrected chi connectivity index (χ3v) is 4.98. The molecule has 0 bridgehead atoms. The molecule has 0 saturated carbocycles. The molecule has 1 aromatic heterocycles. The second kappa shape index (κ2) is 3.54. The van der Waals surface area contributed by atoms with Gasteiger partial charge < -0.3 is 5.11 Å². The molecule has 13 heavy (non-hydrogen) atoms. The predicted octanol–water partition coefficient (Wildman–Crippen LogP) is 1.45. The van der Waals surface area contributed by atoms with Gasteiger partial charge in [-0.3, -0.25) is 0 Å². The fraction of sp³-hybridized carbons (Fsp3) is 0.167. The molecular formula is C6H5IO4S2. The molecule has 0 aliphatic rings. The van der Waals surface area contributed by atoms with E-state index in [4.69, 9.17) is 5.11 Å². The van der Waals surface area contributed by atoms with Crippen LogP contribution in [0.3, 0.4) is 0 Å². The van der Waals surface area contributed by atoms with E-state index in [9.17, 15) is 13.2 Å². The molecule has 1 N–H and O–H groups in total. The number of carboxylic acids is 1. The van der Waals surface area contributed by atoms with E-state index in [1.165, 1.54) is 6.07 Å². The Morgan fingerprint density at radius 1 is 1.62 bits per heavy atom. The SMILES string of the molecule is CS(=O)(=O)c1sc(I)cc1C(=O)O. The van der Waals surface area contributed by atoms with E-state index in [1.54, 1.807) is 0 Å².